The minimum absolute atomic E-state index is 0.157. The number of nitrogens with one attached hydrogen (secondary N) is 1. The third kappa shape index (κ3) is 7.48. The zero-order valence-electron chi connectivity index (χ0n) is 15.3. The second-order valence-corrected chi connectivity index (χ2v) is 7.59. The Morgan fingerprint density at radius 3 is 2.68 bits per heavy atom. The predicted octanol–water partition coefficient (Wildman–Crippen LogP) is 4.19. The number of unbranched alkanes of at least 4 members (excludes halogenated alkanes) is 1. The summed E-state index contributed by atoms with van der Waals surface area (Å²) in [5.74, 6) is 0.553. The van der Waals surface area contributed by atoms with Gasteiger partial charge >= 0.3 is 6.09 Å². The quantitative estimate of drug-likeness (QED) is 0.766. The summed E-state index contributed by atoms with van der Waals surface area (Å²) in [5.41, 5.74) is -0.407. The van der Waals surface area contributed by atoms with Gasteiger partial charge in [-0.2, -0.15) is 0 Å². The summed E-state index contributed by atoms with van der Waals surface area (Å²) in [6.45, 7) is 12.9. The number of amides is 1. The van der Waals surface area contributed by atoms with Crippen molar-refractivity contribution in [1.29, 1.82) is 0 Å². The van der Waals surface area contributed by atoms with Gasteiger partial charge in [-0.3, -0.25) is 0 Å². The molecule has 1 aliphatic heterocycles. The molecule has 0 saturated carbocycles. The van der Waals surface area contributed by atoms with E-state index >= 15 is 0 Å². The maximum Gasteiger partial charge on any atom is 0.410 e. The standard InChI is InChI=1S/C18H36N2O2/c1-6-8-11-16(7-2)19-13-15-10-9-12-20(14-15)17(21)22-18(3,4)5/h15-16,19H,6-14H2,1-5H3. The second-order valence-electron chi connectivity index (χ2n) is 7.59. The first kappa shape index (κ1) is 19.3. The van der Waals surface area contributed by atoms with Gasteiger partial charge in [-0.25, -0.2) is 4.79 Å². The molecule has 0 spiro atoms. The summed E-state index contributed by atoms with van der Waals surface area (Å²) in [6.07, 6.45) is 7.12. The van der Waals surface area contributed by atoms with E-state index in [-0.39, 0.29) is 6.09 Å². The van der Waals surface area contributed by atoms with Crippen molar-refractivity contribution in [2.75, 3.05) is 19.6 Å². The Labute approximate surface area is 137 Å². The number of rotatable bonds is 7. The van der Waals surface area contributed by atoms with E-state index in [9.17, 15) is 4.79 Å². The van der Waals surface area contributed by atoms with Gasteiger partial charge in [-0.15, -0.1) is 0 Å². The number of piperidine rings is 1. The smallest absolute Gasteiger partial charge is 0.410 e. The van der Waals surface area contributed by atoms with Crippen LogP contribution in [0.3, 0.4) is 0 Å². The normalized spacial score (nSPS) is 20.8. The van der Waals surface area contributed by atoms with E-state index in [1.165, 1.54) is 32.1 Å². The molecule has 1 fully saturated rings. The minimum Gasteiger partial charge on any atom is -0.444 e. The van der Waals surface area contributed by atoms with Gasteiger partial charge in [0.2, 0.25) is 0 Å². The summed E-state index contributed by atoms with van der Waals surface area (Å²) >= 11 is 0. The molecule has 0 bridgehead atoms. The number of carbonyl (C=O) groups excluding carboxylic acids is 1. The van der Waals surface area contributed by atoms with Crippen LogP contribution in [0, 0.1) is 5.92 Å². The van der Waals surface area contributed by atoms with E-state index in [1.807, 2.05) is 25.7 Å². The van der Waals surface area contributed by atoms with Gasteiger partial charge in [-0.05, 0) is 58.9 Å². The van der Waals surface area contributed by atoms with E-state index in [0.29, 0.717) is 12.0 Å². The number of nitrogens with zero attached hydrogens (tertiary/aromatic N) is 1. The van der Waals surface area contributed by atoms with Gasteiger partial charge in [-0.1, -0.05) is 26.7 Å². The fourth-order valence-corrected chi connectivity index (χ4v) is 2.96. The van der Waals surface area contributed by atoms with E-state index < -0.39 is 5.60 Å². The summed E-state index contributed by atoms with van der Waals surface area (Å²) in [5, 5.41) is 3.70. The van der Waals surface area contributed by atoms with Crippen LogP contribution >= 0.6 is 0 Å². The lowest BCUT2D eigenvalue weighted by Gasteiger charge is -2.34. The molecule has 1 aliphatic rings. The molecule has 1 amide bonds. The number of hydrogen-bond donors (Lipinski definition) is 1. The van der Waals surface area contributed by atoms with Crippen molar-refractivity contribution >= 4 is 6.09 Å². The highest BCUT2D eigenvalue weighted by Crippen LogP contribution is 2.19. The number of carbonyl (C=O) groups is 1. The average Bonchev–Trinajstić information content (AvgIpc) is 2.46. The van der Waals surface area contributed by atoms with Crippen molar-refractivity contribution < 1.29 is 9.53 Å². The molecule has 130 valence electrons. The molecule has 0 aliphatic carbocycles. The van der Waals surface area contributed by atoms with Crippen LogP contribution in [0.2, 0.25) is 0 Å². The van der Waals surface area contributed by atoms with Crippen LogP contribution in [0.1, 0.15) is 73.1 Å². The molecule has 0 radical (unpaired) electrons. The van der Waals surface area contributed by atoms with Crippen molar-refractivity contribution in [3.8, 4) is 0 Å². The molecule has 0 aromatic carbocycles. The Balaban J connectivity index is 2.38. The van der Waals surface area contributed by atoms with Crippen molar-refractivity contribution in [3.63, 3.8) is 0 Å². The zero-order chi connectivity index (χ0) is 16.6. The predicted molar refractivity (Wildman–Crippen MR) is 92.1 cm³/mol. The largest absolute Gasteiger partial charge is 0.444 e. The molecule has 2 atom stereocenters. The summed E-state index contributed by atoms with van der Waals surface area (Å²) < 4.78 is 5.49. The summed E-state index contributed by atoms with van der Waals surface area (Å²) in [7, 11) is 0. The summed E-state index contributed by atoms with van der Waals surface area (Å²) in [4.78, 5) is 14.1. The van der Waals surface area contributed by atoms with Crippen molar-refractivity contribution in [3.05, 3.63) is 0 Å². The Kier molecular flexibility index (Phi) is 8.23. The monoisotopic (exact) mass is 312 g/mol. The first-order valence-electron chi connectivity index (χ1n) is 9.07. The van der Waals surface area contributed by atoms with Gasteiger partial charge in [0.1, 0.15) is 5.60 Å². The number of likely N-dealkylation sites (tertiary alicyclic amines) is 1. The van der Waals surface area contributed by atoms with Crippen LogP contribution in [0.4, 0.5) is 4.79 Å². The average molecular weight is 312 g/mol. The molecule has 1 heterocycles. The molecule has 1 rings (SSSR count). The van der Waals surface area contributed by atoms with Crippen molar-refractivity contribution in [2.24, 2.45) is 5.92 Å². The van der Waals surface area contributed by atoms with E-state index in [0.717, 1.165) is 26.1 Å². The molecule has 1 saturated heterocycles. The molecule has 0 aromatic rings. The maximum atomic E-state index is 12.2. The molecule has 4 nitrogen and oxygen atoms in total. The molecular formula is C18H36N2O2. The lowest BCUT2D eigenvalue weighted by molar-refractivity contribution is 0.0165. The number of ether oxygens (including phenoxy) is 1. The van der Waals surface area contributed by atoms with E-state index in [2.05, 4.69) is 19.2 Å². The van der Waals surface area contributed by atoms with Crippen LogP contribution in [0.5, 0.6) is 0 Å². The first-order chi connectivity index (χ1) is 10.4. The van der Waals surface area contributed by atoms with Crippen LogP contribution in [-0.4, -0.2) is 42.3 Å². The van der Waals surface area contributed by atoms with Crippen LogP contribution < -0.4 is 5.32 Å². The summed E-state index contributed by atoms with van der Waals surface area (Å²) in [6, 6.07) is 0.622. The Hall–Kier alpha value is -0.770. The molecule has 1 N–H and O–H groups in total. The van der Waals surface area contributed by atoms with Gasteiger partial charge in [0, 0.05) is 19.1 Å². The topological polar surface area (TPSA) is 41.6 Å². The lowest BCUT2D eigenvalue weighted by Crippen LogP contribution is -2.46. The van der Waals surface area contributed by atoms with Gasteiger partial charge in [0.15, 0.2) is 0 Å². The van der Waals surface area contributed by atoms with Crippen LogP contribution in [-0.2, 0) is 4.74 Å². The highest BCUT2D eigenvalue weighted by atomic mass is 16.6. The van der Waals surface area contributed by atoms with Crippen molar-refractivity contribution in [1.82, 2.24) is 10.2 Å². The number of hydrogen-bond acceptors (Lipinski definition) is 3. The first-order valence-corrected chi connectivity index (χ1v) is 9.07. The third-order valence-corrected chi connectivity index (χ3v) is 4.26. The molecule has 2 unspecified atom stereocenters. The Morgan fingerprint density at radius 2 is 2.09 bits per heavy atom. The Morgan fingerprint density at radius 1 is 1.36 bits per heavy atom. The molecular weight excluding hydrogens is 276 g/mol. The van der Waals surface area contributed by atoms with Gasteiger partial charge in [0.05, 0.1) is 0 Å². The lowest BCUT2D eigenvalue weighted by atomic mass is 9.97. The SMILES string of the molecule is CCCCC(CC)NCC1CCCN(C(=O)OC(C)(C)C)C1. The van der Waals surface area contributed by atoms with Gasteiger partial charge < -0.3 is 15.0 Å². The van der Waals surface area contributed by atoms with Crippen molar-refractivity contribution in [2.45, 2.75) is 84.8 Å². The van der Waals surface area contributed by atoms with Crippen LogP contribution in [0.15, 0.2) is 0 Å². The minimum atomic E-state index is -0.407. The van der Waals surface area contributed by atoms with Gasteiger partial charge in [0.25, 0.3) is 0 Å². The maximum absolute atomic E-state index is 12.2. The zero-order valence-corrected chi connectivity index (χ0v) is 15.3. The molecule has 0 aromatic heterocycles. The third-order valence-electron chi connectivity index (χ3n) is 4.26. The van der Waals surface area contributed by atoms with E-state index in [4.69, 9.17) is 4.74 Å². The Bertz CT molecular complexity index is 326. The second kappa shape index (κ2) is 9.39. The molecule has 4 heteroatoms. The molecule has 22 heavy (non-hydrogen) atoms. The fourth-order valence-electron chi connectivity index (χ4n) is 2.96. The highest BCUT2D eigenvalue weighted by Gasteiger charge is 2.27. The highest BCUT2D eigenvalue weighted by molar-refractivity contribution is 5.68. The van der Waals surface area contributed by atoms with E-state index in [1.54, 1.807) is 0 Å². The van der Waals surface area contributed by atoms with Crippen LogP contribution in [0.25, 0.3) is 0 Å². The fraction of sp³-hybridized carbons (Fsp3) is 0.944.